The van der Waals surface area contributed by atoms with E-state index in [0.717, 1.165) is 41.5 Å². The highest BCUT2D eigenvalue weighted by atomic mass is 35.5. The largest absolute Gasteiger partial charge is 0.383 e. The maximum absolute atomic E-state index is 13.3. The minimum atomic E-state index is -0.243. The average molecular weight is 498 g/mol. The molecule has 0 aliphatic heterocycles. The summed E-state index contributed by atoms with van der Waals surface area (Å²) in [6, 6.07) is 4.89. The van der Waals surface area contributed by atoms with Gasteiger partial charge in [-0.15, -0.1) is 11.3 Å². The average Bonchev–Trinajstić information content (AvgIpc) is 3.12. The fraction of sp³-hybridized carbons (Fsp3) is 0.381. The fourth-order valence-corrected chi connectivity index (χ4v) is 6.20. The molecule has 1 aromatic carbocycles. The van der Waals surface area contributed by atoms with Crippen LogP contribution in [0.3, 0.4) is 0 Å². The number of aryl methyl sites for hydroxylation is 2. The molecule has 0 spiro atoms. The second kappa shape index (κ2) is 9.92. The number of carbonyl (C=O) groups is 1. The van der Waals surface area contributed by atoms with E-state index in [0.29, 0.717) is 34.0 Å². The third kappa shape index (κ3) is 4.93. The van der Waals surface area contributed by atoms with Crippen LogP contribution in [0.5, 0.6) is 0 Å². The van der Waals surface area contributed by atoms with Crippen LogP contribution in [0.25, 0.3) is 10.2 Å². The highest BCUT2D eigenvalue weighted by Crippen LogP contribution is 2.34. The van der Waals surface area contributed by atoms with Crippen LogP contribution >= 0.6 is 46.3 Å². The molecule has 0 atom stereocenters. The van der Waals surface area contributed by atoms with Crippen molar-refractivity contribution in [2.75, 3.05) is 24.8 Å². The van der Waals surface area contributed by atoms with Crippen molar-refractivity contribution in [2.45, 2.75) is 37.4 Å². The van der Waals surface area contributed by atoms with Gasteiger partial charge in [0.1, 0.15) is 4.83 Å². The Bertz CT molecular complexity index is 1190. The second-order valence-electron chi connectivity index (χ2n) is 7.20. The van der Waals surface area contributed by atoms with E-state index in [9.17, 15) is 9.59 Å². The molecule has 0 radical (unpaired) electrons. The van der Waals surface area contributed by atoms with Crippen LogP contribution < -0.4 is 10.9 Å². The Morgan fingerprint density at radius 1 is 1.32 bits per heavy atom. The van der Waals surface area contributed by atoms with Crippen molar-refractivity contribution in [3.05, 3.63) is 49.0 Å². The summed E-state index contributed by atoms with van der Waals surface area (Å²) in [5.41, 5.74) is 1.59. The molecule has 0 saturated heterocycles. The van der Waals surface area contributed by atoms with E-state index < -0.39 is 0 Å². The van der Waals surface area contributed by atoms with Crippen molar-refractivity contribution >= 4 is 68.1 Å². The van der Waals surface area contributed by atoms with Crippen LogP contribution in [-0.4, -0.2) is 34.9 Å². The Kier molecular flexibility index (Phi) is 7.23. The number of fused-ring (bicyclic) bond motifs is 3. The number of hydrogen-bond acceptors (Lipinski definition) is 6. The third-order valence-electron chi connectivity index (χ3n) is 5.10. The molecule has 1 aliphatic rings. The Labute approximate surface area is 197 Å². The lowest BCUT2D eigenvalue weighted by molar-refractivity contribution is -0.113. The number of carbonyl (C=O) groups excluding carboxylic acids is 1. The number of amides is 1. The van der Waals surface area contributed by atoms with Gasteiger partial charge < -0.3 is 10.1 Å². The molecule has 0 unspecified atom stereocenters. The lowest BCUT2D eigenvalue weighted by Gasteiger charge is -2.13. The highest BCUT2D eigenvalue weighted by molar-refractivity contribution is 7.99. The zero-order valence-corrected chi connectivity index (χ0v) is 20.0. The van der Waals surface area contributed by atoms with Gasteiger partial charge in [-0.3, -0.25) is 14.2 Å². The first-order valence-electron chi connectivity index (χ1n) is 9.89. The van der Waals surface area contributed by atoms with Gasteiger partial charge in [0.05, 0.1) is 35.0 Å². The monoisotopic (exact) mass is 497 g/mol. The van der Waals surface area contributed by atoms with Crippen molar-refractivity contribution in [2.24, 2.45) is 0 Å². The van der Waals surface area contributed by atoms with Crippen LogP contribution in [0.4, 0.5) is 5.69 Å². The van der Waals surface area contributed by atoms with Crippen molar-refractivity contribution in [1.82, 2.24) is 9.55 Å². The fourth-order valence-electron chi connectivity index (χ4n) is 3.62. The van der Waals surface area contributed by atoms with E-state index in [2.05, 4.69) is 5.32 Å². The maximum atomic E-state index is 13.3. The maximum Gasteiger partial charge on any atom is 0.263 e. The van der Waals surface area contributed by atoms with E-state index in [1.165, 1.54) is 16.6 Å². The standard InChI is InChI=1S/C21H21Cl2N3O3S2/c1-29-9-8-26-20(28)18-13-4-2-3-5-16(13)31-19(18)25-21(26)30-11-17(27)24-15-7-6-12(22)10-14(15)23/h6-7,10H,2-5,8-9,11H2,1H3,(H,24,27). The number of anilines is 1. The first kappa shape index (κ1) is 22.6. The predicted molar refractivity (Wildman–Crippen MR) is 128 cm³/mol. The predicted octanol–water partition coefficient (Wildman–Crippen LogP) is 5.02. The number of benzene rings is 1. The van der Waals surface area contributed by atoms with Gasteiger partial charge in [0.2, 0.25) is 5.91 Å². The van der Waals surface area contributed by atoms with Crippen molar-refractivity contribution in [3.8, 4) is 0 Å². The molecule has 0 fully saturated rings. The molecule has 2 aromatic heterocycles. The first-order chi connectivity index (χ1) is 15.0. The lowest BCUT2D eigenvalue weighted by Crippen LogP contribution is -2.26. The highest BCUT2D eigenvalue weighted by Gasteiger charge is 2.22. The van der Waals surface area contributed by atoms with Crippen LogP contribution in [0.1, 0.15) is 23.3 Å². The Morgan fingerprint density at radius 3 is 2.90 bits per heavy atom. The first-order valence-corrected chi connectivity index (χ1v) is 12.5. The van der Waals surface area contributed by atoms with Gasteiger partial charge in [-0.2, -0.15) is 0 Å². The topological polar surface area (TPSA) is 73.2 Å². The normalized spacial score (nSPS) is 13.4. The molecule has 10 heteroatoms. The zero-order chi connectivity index (χ0) is 22.0. The van der Waals surface area contributed by atoms with Gasteiger partial charge in [-0.25, -0.2) is 4.98 Å². The van der Waals surface area contributed by atoms with Gasteiger partial charge in [0.25, 0.3) is 5.56 Å². The van der Waals surface area contributed by atoms with E-state index in [4.69, 9.17) is 32.9 Å². The Hall–Kier alpha value is -1.58. The number of methoxy groups -OCH3 is 1. The molecule has 31 heavy (non-hydrogen) atoms. The molecule has 1 N–H and O–H groups in total. The molecular weight excluding hydrogens is 477 g/mol. The summed E-state index contributed by atoms with van der Waals surface area (Å²) in [6.07, 6.45) is 4.17. The van der Waals surface area contributed by atoms with E-state index >= 15 is 0 Å². The van der Waals surface area contributed by atoms with Gasteiger partial charge in [0.15, 0.2) is 5.16 Å². The van der Waals surface area contributed by atoms with E-state index in [1.807, 2.05) is 0 Å². The Balaban J connectivity index is 1.59. The number of ether oxygens (including phenoxy) is 1. The van der Waals surface area contributed by atoms with Crippen molar-refractivity contribution in [1.29, 1.82) is 0 Å². The van der Waals surface area contributed by atoms with Crippen LogP contribution in [-0.2, 0) is 28.9 Å². The van der Waals surface area contributed by atoms with Gasteiger partial charge >= 0.3 is 0 Å². The number of halogens is 2. The number of aromatic nitrogens is 2. The summed E-state index contributed by atoms with van der Waals surface area (Å²) < 4.78 is 6.82. The lowest BCUT2D eigenvalue weighted by atomic mass is 9.97. The number of thiophene rings is 1. The van der Waals surface area contributed by atoms with E-state index in [-0.39, 0.29) is 17.2 Å². The SMILES string of the molecule is COCCn1c(SCC(=O)Nc2ccc(Cl)cc2Cl)nc2sc3c(c2c1=O)CCCC3. The quantitative estimate of drug-likeness (QED) is 0.366. The Morgan fingerprint density at radius 2 is 2.13 bits per heavy atom. The number of hydrogen-bond donors (Lipinski definition) is 1. The third-order valence-corrected chi connectivity index (χ3v) is 7.81. The molecule has 1 aliphatic carbocycles. The molecule has 2 heterocycles. The number of rotatable bonds is 7. The van der Waals surface area contributed by atoms with Gasteiger partial charge in [0, 0.05) is 17.0 Å². The van der Waals surface area contributed by atoms with Gasteiger partial charge in [-0.05, 0) is 49.4 Å². The molecule has 164 valence electrons. The summed E-state index contributed by atoms with van der Waals surface area (Å²) in [5.74, 6) is -0.151. The zero-order valence-electron chi connectivity index (χ0n) is 16.9. The smallest absolute Gasteiger partial charge is 0.263 e. The summed E-state index contributed by atoms with van der Waals surface area (Å²) in [5, 5.41) is 4.89. The van der Waals surface area contributed by atoms with E-state index in [1.54, 1.807) is 41.2 Å². The van der Waals surface area contributed by atoms with Crippen LogP contribution in [0.2, 0.25) is 10.0 Å². The molecule has 0 bridgehead atoms. The number of nitrogens with one attached hydrogen (secondary N) is 1. The number of nitrogens with zero attached hydrogens (tertiary/aromatic N) is 2. The molecule has 1 amide bonds. The molecule has 0 saturated carbocycles. The van der Waals surface area contributed by atoms with Crippen LogP contribution in [0.15, 0.2) is 28.2 Å². The molecule has 6 nitrogen and oxygen atoms in total. The van der Waals surface area contributed by atoms with Crippen molar-refractivity contribution < 1.29 is 9.53 Å². The summed E-state index contributed by atoms with van der Waals surface area (Å²) >= 11 is 14.9. The van der Waals surface area contributed by atoms with Gasteiger partial charge in [-0.1, -0.05) is 35.0 Å². The van der Waals surface area contributed by atoms with Crippen molar-refractivity contribution in [3.63, 3.8) is 0 Å². The molecule has 4 rings (SSSR count). The molecular formula is C21H21Cl2N3O3S2. The number of thioether (sulfide) groups is 1. The summed E-state index contributed by atoms with van der Waals surface area (Å²) in [7, 11) is 1.60. The second-order valence-corrected chi connectivity index (χ2v) is 10.1. The summed E-state index contributed by atoms with van der Waals surface area (Å²) in [6.45, 7) is 0.773. The van der Waals surface area contributed by atoms with Crippen LogP contribution in [0, 0.1) is 0 Å². The minimum Gasteiger partial charge on any atom is -0.383 e. The minimum absolute atomic E-state index is 0.0508. The molecule has 3 aromatic rings. The summed E-state index contributed by atoms with van der Waals surface area (Å²) in [4.78, 5) is 32.6.